The molecule has 17 heavy (non-hydrogen) atoms. The first kappa shape index (κ1) is 11.1. The Morgan fingerprint density at radius 2 is 2.35 bits per heavy atom. The van der Waals surface area contributed by atoms with E-state index < -0.39 is 4.92 Å². The van der Waals surface area contributed by atoms with Gasteiger partial charge in [-0.15, -0.1) is 0 Å². The number of nitrogens with zero attached hydrogens (tertiary/aromatic N) is 4. The molecule has 1 heterocycles. The van der Waals surface area contributed by atoms with Gasteiger partial charge in [0, 0.05) is 6.54 Å². The van der Waals surface area contributed by atoms with Crippen molar-refractivity contribution < 1.29 is 4.92 Å². The maximum atomic E-state index is 11.1. The third-order valence-corrected chi connectivity index (χ3v) is 2.23. The summed E-state index contributed by atoms with van der Waals surface area (Å²) < 4.78 is 1.37. The Bertz CT molecular complexity index is 523. The predicted molar refractivity (Wildman–Crippen MR) is 62.2 cm³/mol. The molecule has 1 N–H and O–H groups in total. The van der Waals surface area contributed by atoms with Crippen molar-refractivity contribution in [3.8, 4) is 5.69 Å². The van der Waals surface area contributed by atoms with E-state index in [0.717, 1.165) is 0 Å². The summed E-state index contributed by atoms with van der Waals surface area (Å²) in [6.07, 6.45) is 2.77. The van der Waals surface area contributed by atoms with Gasteiger partial charge in [-0.05, 0) is 19.1 Å². The molecule has 0 bridgehead atoms. The van der Waals surface area contributed by atoms with E-state index in [0.29, 0.717) is 17.9 Å². The highest BCUT2D eigenvalue weighted by Crippen LogP contribution is 2.30. The smallest absolute Gasteiger partial charge is 0.317 e. The molecule has 0 unspecified atom stereocenters. The number of nitro benzene ring substituents is 1. The van der Waals surface area contributed by atoms with Gasteiger partial charge >= 0.3 is 5.69 Å². The molecule has 0 aliphatic rings. The predicted octanol–water partition coefficient (Wildman–Crippen LogP) is 1.61. The number of para-hydroxylation sites is 1. The monoisotopic (exact) mass is 233 g/mol. The van der Waals surface area contributed by atoms with Gasteiger partial charge in [0.25, 0.3) is 0 Å². The van der Waals surface area contributed by atoms with Crippen LogP contribution in [0.1, 0.15) is 6.92 Å². The minimum Gasteiger partial charge on any atom is -0.380 e. The summed E-state index contributed by atoms with van der Waals surface area (Å²) >= 11 is 0. The Balaban J connectivity index is 2.59. The molecule has 0 aliphatic heterocycles. The van der Waals surface area contributed by atoms with Gasteiger partial charge in [-0.25, -0.2) is 9.67 Å². The first-order chi connectivity index (χ1) is 8.24. The maximum Gasteiger partial charge on any atom is 0.317 e. The van der Waals surface area contributed by atoms with Gasteiger partial charge in [-0.1, -0.05) is 6.07 Å². The fourth-order valence-corrected chi connectivity index (χ4v) is 1.57. The zero-order chi connectivity index (χ0) is 12.3. The number of nitro groups is 1. The molecule has 7 nitrogen and oxygen atoms in total. The Labute approximate surface area is 97.2 Å². The summed E-state index contributed by atoms with van der Waals surface area (Å²) in [6.45, 7) is 2.49. The minimum atomic E-state index is -0.422. The second-order valence-electron chi connectivity index (χ2n) is 3.30. The lowest BCUT2D eigenvalue weighted by atomic mass is 10.2. The lowest BCUT2D eigenvalue weighted by molar-refractivity contribution is -0.383. The number of nitrogens with one attached hydrogen (secondary N) is 1. The number of rotatable bonds is 4. The number of benzene rings is 1. The lowest BCUT2D eigenvalue weighted by Gasteiger charge is -2.08. The standard InChI is InChI=1S/C10H11N5O2/c1-2-12-8-4-3-5-9(10(8)15(16)17)14-7-11-6-13-14/h3-7,12H,2H2,1H3. The molecule has 7 heteroatoms. The molecule has 0 aliphatic carbocycles. The van der Waals surface area contributed by atoms with Crippen LogP contribution in [0.3, 0.4) is 0 Å². The fraction of sp³-hybridized carbons (Fsp3) is 0.200. The average Bonchev–Trinajstić information content (AvgIpc) is 2.82. The number of hydrogen-bond donors (Lipinski definition) is 1. The van der Waals surface area contributed by atoms with Crippen molar-refractivity contribution >= 4 is 11.4 Å². The van der Waals surface area contributed by atoms with Gasteiger partial charge in [-0.2, -0.15) is 5.10 Å². The van der Waals surface area contributed by atoms with Gasteiger partial charge in [0.2, 0.25) is 0 Å². The van der Waals surface area contributed by atoms with Gasteiger partial charge < -0.3 is 5.32 Å². The number of hydrogen-bond acceptors (Lipinski definition) is 5. The highest BCUT2D eigenvalue weighted by molar-refractivity contribution is 5.70. The SMILES string of the molecule is CCNc1cccc(-n2cncn2)c1[N+](=O)[O-]. The van der Waals surface area contributed by atoms with Gasteiger partial charge in [0.15, 0.2) is 0 Å². The van der Waals surface area contributed by atoms with Crippen LogP contribution in [-0.2, 0) is 0 Å². The molecular weight excluding hydrogens is 222 g/mol. The van der Waals surface area contributed by atoms with Crippen molar-refractivity contribution in [2.75, 3.05) is 11.9 Å². The summed E-state index contributed by atoms with van der Waals surface area (Å²) in [6, 6.07) is 5.04. The van der Waals surface area contributed by atoms with E-state index in [-0.39, 0.29) is 5.69 Å². The number of anilines is 1. The van der Waals surface area contributed by atoms with Crippen molar-refractivity contribution in [1.29, 1.82) is 0 Å². The Morgan fingerprint density at radius 1 is 1.53 bits per heavy atom. The molecule has 0 spiro atoms. The van der Waals surface area contributed by atoms with Crippen molar-refractivity contribution in [3.05, 3.63) is 41.0 Å². The third kappa shape index (κ3) is 2.07. The van der Waals surface area contributed by atoms with Crippen molar-refractivity contribution in [3.63, 3.8) is 0 Å². The van der Waals surface area contributed by atoms with Crippen LogP contribution >= 0.6 is 0 Å². The van der Waals surface area contributed by atoms with E-state index in [4.69, 9.17) is 0 Å². The van der Waals surface area contributed by atoms with E-state index >= 15 is 0 Å². The molecule has 1 aromatic heterocycles. The van der Waals surface area contributed by atoms with E-state index in [1.165, 1.54) is 17.3 Å². The molecule has 0 amide bonds. The molecule has 88 valence electrons. The number of aromatic nitrogens is 3. The first-order valence-corrected chi connectivity index (χ1v) is 5.10. The Kier molecular flexibility index (Phi) is 2.99. The molecule has 0 atom stereocenters. The molecule has 2 aromatic rings. The van der Waals surface area contributed by atoms with Crippen LogP contribution in [0.5, 0.6) is 0 Å². The van der Waals surface area contributed by atoms with Gasteiger partial charge in [-0.3, -0.25) is 10.1 Å². The average molecular weight is 233 g/mol. The van der Waals surface area contributed by atoms with Crippen molar-refractivity contribution in [2.24, 2.45) is 0 Å². The maximum absolute atomic E-state index is 11.1. The summed E-state index contributed by atoms with van der Waals surface area (Å²) in [5.74, 6) is 0. The second kappa shape index (κ2) is 4.60. The van der Waals surface area contributed by atoms with Crippen LogP contribution < -0.4 is 5.32 Å². The molecule has 0 saturated carbocycles. The normalized spacial score (nSPS) is 10.2. The summed E-state index contributed by atoms with van der Waals surface area (Å²) in [4.78, 5) is 14.5. The quantitative estimate of drug-likeness (QED) is 0.640. The molecular formula is C10H11N5O2. The van der Waals surface area contributed by atoms with Crippen LogP contribution in [-0.4, -0.2) is 26.2 Å². The van der Waals surface area contributed by atoms with Crippen molar-refractivity contribution in [2.45, 2.75) is 6.92 Å². The third-order valence-electron chi connectivity index (χ3n) is 2.23. The van der Waals surface area contributed by atoms with E-state index in [1.54, 1.807) is 18.2 Å². The van der Waals surface area contributed by atoms with Gasteiger partial charge in [0.1, 0.15) is 24.0 Å². The van der Waals surface area contributed by atoms with Crippen LogP contribution in [0, 0.1) is 10.1 Å². The molecule has 1 aromatic carbocycles. The van der Waals surface area contributed by atoms with E-state index in [9.17, 15) is 10.1 Å². The van der Waals surface area contributed by atoms with Crippen molar-refractivity contribution in [1.82, 2.24) is 14.8 Å². The van der Waals surface area contributed by atoms with Gasteiger partial charge in [0.05, 0.1) is 4.92 Å². The first-order valence-electron chi connectivity index (χ1n) is 5.10. The summed E-state index contributed by atoms with van der Waals surface area (Å²) in [7, 11) is 0. The molecule has 0 radical (unpaired) electrons. The minimum absolute atomic E-state index is 0.000139. The summed E-state index contributed by atoms with van der Waals surface area (Å²) in [5.41, 5.74) is 0.872. The molecule has 0 saturated heterocycles. The Hall–Kier alpha value is -2.44. The van der Waals surface area contributed by atoms with Crippen LogP contribution in [0.4, 0.5) is 11.4 Å². The highest BCUT2D eigenvalue weighted by Gasteiger charge is 2.20. The summed E-state index contributed by atoms with van der Waals surface area (Å²) in [5, 5.41) is 18.0. The largest absolute Gasteiger partial charge is 0.380 e. The van der Waals surface area contributed by atoms with Crippen LogP contribution in [0.2, 0.25) is 0 Å². The lowest BCUT2D eigenvalue weighted by Crippen LogP contribution is -2.06. The topological polar surface area (TPSA) is 85.9 Å². The second-order valence-corrected chi connectivity index (χ2v) is 3.30. The fourth-order valence-electron chi connectivity index (χ4n) is 1.57. The van der Waals surface area contributed by atoms with Crippen LogP contribution in [0.25, 0.3) is 5.69 Å². The van der Waals surface area contributed by atoms with E-state index in [2.05, 4.69) is 15.4 Å². The van der Waals surface area contributed by atoms with Crippen LogP contribution in [0.15, 0.2) is 30.9 Å². The zero-order valence-electron chi connectivity index (χ0n) is 9.20. The Morgan fingerprint density at radius 3 is 2.94 bits per heavy atom. The highest BCUT2D eigenvalue weighted by atomic mass is 16.6. The van der Waals surface area contributed by atoms with E-state index in [1.807, 2.05) is 6.92 Å². The molecule has 2 rings (SSSR count). The molecule has 0 fully saturated rings. The zero-order valence-corrected chi connectivity index (χ0v) is 9.20.